The predicted molar refractivity (Wildman–Crippen MR) is 37.2 cm³/mol. The number of halogens is 2. The zero-order valence-electron chi connectivity index (χ0n) is 6.78. The van der Waals surface area contributed by atoms with Gasteiger partial charge < -0.3 is 14.6 Å². The fourth-order valence-corrected chi connectivity index (χ4v) is 1.45. The summed E-state index contributed by atoms with van der Waals surface area (Å²) in [7, 11) is 0. The van der Waals surface area contributed by atoms with E-state index in [1.165, 1.54) is 0 Å². The molecule has 6 heteroatoms. The molecular weight excluding hydrogens is 186 g/mol. The molecular formula is C7H10F2O4. The van der Waals surface area contributed by atoms with Gasteiger partial charge in [0.1, 0.15) is 12.2 Å². The summed E-state index contributed by atoms with van der Waals surface area (Å²) in [5, 5.41) is 8.24. The van der Waals surface area contributed by atoms with E-state index in [1.54, 1.807) is 0 Å². The second-order valence-corrected chi connectivity index (χ2v) is 2.79. The summed E-state index contributed by atoms with van der Waals surface area (Å²) in [4.78, 5) is 9.93. The van der Waals surface area contributed by atoms with Crippen LogP contribution in [0.3, 0.4) is 0 Å². The quantitative estimate of drug-likeness (QED) is 0.545. The van der Waals surface area contributed by atoms with Gasteiger partial charge in [0, 0.05) is 0 Å². The Kier molecular flexibility index (Phi) is 3.56. The van der Waals surface area contributed by atoms with Gasteiger partial charge in [-0.15, -0.1) is 4.39 Å². The molecule has 3 atom stereocenters. The number of ether oxygens (including phenoxy) is 2. The Balaban J connectivity index is 2.39. The zero-order chi connectivity index (χ0) is 9.84. The van der Waals surface area contributed by atoms with E-state index in [2.05, 4.69) is 9.47 Å². The molecule has 13 heavy (non-hydrogen) atoms. The number of hydrogen-bond donors (Lipinski definition) is 1. The average Bonchev–Trinajstić information content (AvgIpc) is 2.34. The van der Waals surface area contributed by atoms with Gasteiger partial charge in [-0.2, -0.15) is 4.39 Å². The summed E-state index contributed by atoms with van der Waals surface area (Å²) in [6.45, 7) is -2.41. The average molecular weight is 196 g/mol. The summed E-state index contributed by atoms with van der Waals surface area (Å²) in [5.41, 5.74) is 0. The van der Waals surface area contributed by atoms with Crippen molar-refractivity contribution in [1.29, 1.82) is 0 Å². The first-order chi connectivity index (χ1) is 6.09. The molecule has 1 fully saturated rings. The van der Waals surface area contributed by atoms with Gasteiger partial charge in [0.2, 0.25) is 0 Å². The highest BCUT2D eigenvalue weighted by atomic mass is 19.2. The number of hydrogen-bond acceptors (Lipinski definition) is 4. The molecule has 0 bridgehead atoms. The first-order valence-corrected chi connectivity index (χ1v) is 3.93. The Morgan fingerprint density at radius 2 is 2.08 bits per heavy atom. The van der Waals surface area contributed by atoms with Crippen LogP contribution >= 0.6 is 0 Å². The minimum absolute atomic E-state index is 0.424. The molecule has 76 valence electrons. The molecule has 1 N–H and O–H groups in total. The van der Waals surface area contributed by atoms with Crippen molar-refractivity contribution >= 4 is 6.22 Å². The van der Waals surface area contributed by atoms with E-state index in [0.29, 0.717) is 19.3 Å². The van der Waals surface area contributed by atoms with E-state index >= 15 is 0 Å². The van der Waals surface area contributed by atoms with Crippen LogP contribution in [-0.2, 0) is 9.47 Å². The molecule has 0 aliphatic heterocycles. The summed E-state index contributed by atoms with van der Waals surface area (Å²) >= 11 is 0. The minimum atomic E-state index is -2.41. The lowest BCUT2D eigenvalue weighted by atomic mass is 10.2. The lowest BCUT2D eigenvalue weighted by Gasteiger charge is -2.18. The summed E-state index contributed by atoms with van der Waals surface area (Å²) in [5.74, 6) is 0. The van der Waals surface area contributed by atoms with Crippen LogP contribution in [0.5, 0.6) is 0 Å². The van der Waals surface area contributed by atoms with Crippen LogP contribution < -0.4 is 0 Å². The van der Waals surface area contributed by atoms with E-state index in [9.17, 15) is 13.6 Å². The van der Waals surface area contributed by atoms with Crippen LogP contribution in [0.1, 0.15) is 19.3 Å². The van der Waals surface area contributed by atoms with Crippen molar-refractivity contribution in [3.63, 3.8) is 0 Å². The fourth-order valence-electron chi connectivity index (χ4n) is 1.45. The van der Waals surface area contributed by atoms with Crippen LogP contribution in [0.4, 0.5) is 13.6 Å². The Labute approximate surface area is 73.4 Å². The Morgan fingerprint density at radius 1 is 1.46 bits per heavy atom. The predicted octanol–water partition coefficient (Wildman–Crippen LogP) is 1.28. The largest absolute Gasteiger partial charge is 0.495 e. The van der Waals surface area contributed by atoms with Gasteiger partial charge in [0.15, 0.2) is 0 Å². The molecule has 0 aromatic heterocycles. The Morgan fingerprint density at radius 3 is 2.62 bits per heavy atom. The fraction of sp³-hybridized carbons (Fsp3) is 0.857. The second-order valence-electron chi connectivity index (χ2n) is 2.79. The maximum atomic E-state index is 12.0. The highest BCUT2D eigenvalue weighted by Gasteiger charge is 2.33. The molecule has 0 aromatic rings. The van der Waals surface area contributed by atoms with E-state index in [-0.39, 0.29) is 0 Å². The van der Waals surface area contributed by atoms with Crippen LogP contribution in [0.2, 0.25) is 0 Å². The third-order valence-electron chi connectivity index (χ3n) is 1.92. The third-order valence-corrected chi connectivity index (χ3v) is 1.92. The molecule has 0 saturated heterocycles. The summed E-state index contributed by atoms with van der Waals surface area (Å²) in [6, 6.07) is 0. The van der Waals surface area contributed by atoms with E-state index in [1.807, 2.05) is 0 Å². The van der Waals surface area contributed by atoms with Crippen molar-refractivity contribution in [2.75, 3.05) is 0 Å². The Hall–Kier alpha value is -0.750. The number of alkyl halides is 1. The van der Waals surface area contributed by atoms with Crippen LogP contribution in [0.15, 0.2) is 0 Å². The van der Waals surface area contributed by atoms with E-state index in [4.69, 9.17) is 5.11 Å². The third kappa shape index (κ3) is 3.23. The maximum Gasteiger partial charge on any atom is 0.495 e. The monoisotopic (exact) mass is 196 g/mol. The van der Waals surface area contributed by atoms with Crippen molar-refractivity contribution in [2.45, 2.75) is 38.0 Å². The molecule has 1 saturated carbocycles. The Bertz CT molecular complexity index is 185. The summed E-state index contributed by atoms with van der Waals surface area (Å²) in [6.07, 6.45) is -1.93. The van der Waals surface area contributed by atoms with Crippen molar-refractivity contribution in [3.8, 4) is 0 Å². The number of aliphatic hydroxyl groups excluding tert-OH is 1. The van der Waals surface area contributed by atoms with E-state index in [0.717, 1.165) is 0 Å². The minimum Gasteiger partial charge on any atom is -0.434 e. The number of carbonyl (C=O) groups is 1. The standard InChI is InChI=1S/C7H10F2O4/c8-6(10)12-4-2-1-3-5(4)13-7(9)11/h4-6,10H,1-3H2. The van der Waals surface area contributed by atoms with Gasteiger partial charge >= 0.3 is 12.8 Å². The number of aliphatic hydroxyl groups is 1. The van der Waals surface area contributed by atoms with Gasteiger partial charge in [0.25, 0.3) is 0 Å². The van der Waals surface area contributed by atoms with Crippen LogP contribution in [-0.4, -0.2) is 30.1 Å². The van der Waals surface area contributed by atoms with Gasteiger partial charge in [0.05, 0.1) is 0 Å². The molecule has 4 nitrogen and oxygen atoms in total. The van der Waals surface area contributed by atoms with E-state index < -0.39 is 25.0 Å². The zero-order valence-corrected chi connectivity index (χ0v) is 6.78. The molecule has 3 unspecified atom stereocenters. The topological polar surface area (TPSA) is 55.8 Å². The smallest absolute Gasteiger partial charge is 0.434 e. The first kappa shape index (κ1) is 10.3. The lowest BCUT2D eigenvalue weighted by molar-refractivity contribution is -0.223. The van der Waals surface area contributed by atoms with Gasteiger partial charge in [-0.25, -0.2) is 4.79 Å². The van der Waals surface area contributed by atoms with Gasteiger partial charge in [-0.1, -0.05) is 0 Å². The van der Waals surface area contributed by atoms with Crippen molar-refractivity contribution < 1.29 is 28.2 Å². The normalized spacial score (nSPS) is 30.1. The maximum absolute atomic E-state index is 12.0. The highest BCUT2D eigenvalue weighted by Crippen LogP contribution is 2.26. The molecule has 0 radical (unpaired) electrons. The van der Waals surface area contributed by atoms with Crippen molar-refractivity contribution in [3.05, 3.63) is 0 Å². The molecule has 1 aliphatic carbocycles. The van der Waals surface area contributed by atoms with Gasteiger partial charge in [-0.05, 0) is 19.3 Å². The molecule has 0 heterocycles. The molecule has 0 amide bonds. The van der Waals surface area contributed by atoms with Crippen LogP contribution in [0.25, 0.3) is 0 Å². The molecule has 1 rings (SSSR count). The second kappa shape index (κ2) is 4.48. The molecule has 0 aromatic carbocycles. The number of rotatable bonds is 3. The SMILES string of the molecule is O=C(F)OC1CCCC1OC(O)F. The highest BCUT2D eigenvalue weighted by molar-refractivity contribution is 5.58. The van der Waals surface area contributed by atoms with Gasteiger partial charge in [-0.3, -0.25) is 0 Å². The molecule has 1 aliphatic rings. The molecule has 0 spiro atoms. The summed E-state index contributed by atoms with van der Waals surface area (Å²) < 4.78 is 32.3. The number of carbonyl (C=O) groups excluding carboxylic acids is 1. The van der Waals surface area contributed by atoms with Crippen LogP contribution in [0, 0.1) is 0 Å². The lowest BCUT2D eigenvalue weighted by Crippen LogP contribution is -2.29. The van der Waals surface area contributed by atoms with Crippen molar-refractivity contribution in [2.24, 2.45) is 0 Å². The first-order valence-electron chi connectivity index (χ1n) is 3.93. The van der Waals surface area contributed by atoms with Crippen molar-refractivity contribution in [1.82, 2.24) is 0 Å².